The number of fused-ring (bicyclic) bond motifs is 4. The van der Waals surface area contributed by atoms with Crippen LogP contribution < -0.4 is 0 Å². The molecule has 7 aromatic rings. The van der Waals surface area contributed by atoms with Gasteiger partial charge in [0.25, 0.3) is 0 Å². The van der Waals surface area contributed by atoms with Crippen molar-refractivity contribution < 1.29 is 0 Å². The Morgan fingerprint density at radius 2 is 1.11 bits per heavy atom. The molecule has 2 heteroatoms. The number of hydrogen-bond donors (Lipinski definition) is 0. The molecule has 0 fully saturated rings. The van der Waals surface area contributed by atoms with E-state index in [4.69, 9.17) is 9.97 Å². The van der Waals surface area contributed by atoms with Crippen LogP contribution in [-0.4, -0.2) is 9.97 Å². The van der Waals surface area contributed by atoms with Gasteiger partial charge in [-0.05, 0) is 74.7 Å². The Balaban J connectivity index is 1.15. The quantitative estimate of drug-likeness (QED) is 0.200. The molecule has 1 heterocycles. The van der Waals surface area contributed by atoms with Crippen LogP contribution in [-0.2, 0) is 11.8 Å². The lowest BCUT2D eigenvalue weighted by Crippen LogP contribution is -2.31. The predicted octanol–water partition coefficient (Wildman–Crippen LogP) is 11.1. The van der Waals surface area contributed by atoms with E-state index in [1.807, 2.05) is 24.3 Å². The van der Waals surface area contributed by atoms with Gasteiger partial charge in [-0.3, -0.25) is 0 Å². The first-order chi connectivity index (χ1) is 23.0. The minimum atomic E-state index is -0.0311. The monoisotopic (exact) mass is 602 g/mol. The van der Waals surface area contributed by atoms with E-state index >= 15 is 0 Å². The molecule has 0 N–H and O–H groups in total. The van der Waals surface area contributed by atoms with Crippen LogP contribution >= 0.6 is 0 Å². The molecule has 2 aliphatic carbocycles. The van der Waals surface area contributed by atoms with Crippen LogP contribution in [0.15, 0.2) is 152 Å². The van der Waals surface area contributed by atoms with Crippen LogP contribution in [0.5, 0.6) is 0 Å². The topological polar surface area (TPSA) is 25.8 Å². The van der Waals surface area contributed by atoms with Crippen molar-refractivity contribution in [3.05, 3.63) is 179 Å². The van der Waals surface area contributed by atoms with E-state index in [0.717, 1.165) is 40.3 Å². The standard InChI is InChI=1S/C45H34N2/c1-45(2)39-21-10-9-19-35(39)38-27-33-24-23-32(26-37(33)36-20-12-22-40(45)43(36)38)31-17-11-18-34(25-31)42-28-41(29-13-5-3-6-14-29)46-44(47-42)30-15-7-4-8-16-30/h3-26,28,38H,27H2,1-2H3. The van der Waals surface area contributed by atoms with Gasteiger partial charge in [0.2, 0.25) is 0 Å². The minimum Gasteiger partial charge on any atom is -0.228 e. The Morgan fingerprint density at radius 3 is 1.91 bits per heavy atom. The van der Waals surface area contributed by atoms with Crippen LogP contribution in [0.1, 0.15) is 47.6 Å². The maximum atomic E-state index is 5.09. The van der Waals surface area contributed by atoms with Crippen LogP contribution in [0.2, 0.25) is 0 Å². The summed E-state index contributed by atoms with van der Waals surface area (Å²) < 4.78 is 0. The Bertz CT molecular complexity index is 2240. The van der Waals surface area contributed by atoms with Crippen molar-refractivity contribution in [1.82, 2.24) is 9.97 Å². The molecule has 0 radical (unpaired) electrons. The third kappa shape index (κ3) is 4.55. The smallest absolute Gasteiger partial charge is 0.160 e. The van der Waals surface area contributed by atoms with Gasteiger partial charge < -0.3 is 0 Å². The first-order valence-electron chi connectivity index (χ1n) is 16.5. The van der Waals surface area contributed by atoms with E-state index in [1.54, 1.807) is 0 Å². The lowest BCUT2D eigenvalue weighted by Gasteiger charge is -2.43. The largest absolute Gasteiger partial charge is 0.228 e. The lowest BCUT2D eigenvalue weighted by molar-refractivity contribution is 0.577. The highest BCUT2D eigenvalue weighted by Gasteiger charge is 2.40. The molecule has 1 atom stereocenters. The van der Waals surface area contributed by atoms with E-state index in [2.05, 4.69) is 141 Å². The Morgan fingerprint density at radius 1 is 0.489 bits per heavy atom. The van der Waals surface area contributed by atoms with Crippen LogP contribution in [0.25, 0.3) is 56.2 Å². The summed E-state index contributed by atoms with van der Waals surface area (Å²) in [5, 5.41) is 0. The van der Waals surface area contributed by atoms with Crippen molar-refractivity contribution >= 4 is 0 Å². The average Bonchev–Trinajstić information content (AvgIpc) is 3.14. The highest BCUT2D eigenvalue weighted by atomic mass is 14.9. The van der Waals surface area contributed by atoms with E-state index in [0.29, 0.717) is 5.92 Å². The molecule has 0 spiro atoms. The maximum Gasteiger partial charge on any atom is 0.160 e. The van der Waals surface area contributed by atoms with Crippen LogP contribution in [0.4, 0.5) is 0 Å². The normalized spacial score (nSPS) is 15.3. The van der Waals surface area contributed by atoms with Gasteiger partial charge in [-0.2, -0.15) is 0 Å². The number of aromatic nitrogens is 2. The number of rotatable bonds is 4. The molecular weight excluding hydrogens is 569 g/mol. The number of hydrogen-bond acceptors (Lipinski definition) is 2. The van der Waals surface area contributed by atoms with E-state index in [-0.39, 0.29) is 5.41 Å². The highest BCUT2D eigenvalue weighted by molar-refractivity contribution is 5.84. The Hall–Kier alpha value is -5.60. The maximum absolute atomic E-state index is 5.09. The van der Waals surface area contributed by atoms with E-state index in [9.17, 15) is 0 Å². The van der Waals surface area contributed by atoms with Crippen molar-refractivity contribution in [3.8, 4) is 56.2 Å². The Labute approximate surface area is 276 Å². The van der Waals surface area contributed by atoms with Gasteiger partial charge in [-0.15, -0.1) is 0 Å². The van der Waals surface area contributed by atoms with Gasteiger partial charge in [0.1, 0.15) is 0 Å². The average molecular weight is 603 g/mol. The zero-order valence-electron chi connectivity index (χ0n) is 26.6. The van der Waals surface area contributed by atoms with Gasteiger partial charge >= 0.3 is 0 Å². The fourth-order valence-electron chi connectivity index (χ4n) is 7.93. The highest BCUT2D eigenvalue weighted by Crippen LogP contribution is 2.54. The molecule has 0 bridgehead atoms. The number of nitrogens with zero attached hydrogens (tertiary/aromatic N) is 2. The Kier molecular flexibility index (Phi) is 6.33. The first kappa shape index (κ1) is 27.7. The second-order valence-corrected chi connectivity index (χ2v) is 13.4. The SMILES string of the molecule is CC1(C)c2ccccc2C2Cc3ccc(-c4cccc(-c5cc(-c6ccccc6)nc(-c6ccccc6)n5)c4)cc3-c3cccc1c32. The molecule has 0 aliphatic heterocycles. The van der Waals surface area contributed by atoms with Crippen LogP contribution in [0, 0.1) is 0 Å². The molecule has 0 saturated carbocycles. The molecule has 224 valence electrons. The van der Waals surface area contributed by atoms with Crippen molar-refractivity contribution in [1.29, 1.82) is 0 Å². The molecule has 0 saturated heterocycles. The second-order valence-electron chi connectivity index (χ2n) is 13.4. The van der Waals surface area contributed by atoms with Crippen molar-refractivity contribution in [3.63, 3.8) is 0 Å². The van der Waals surface area contributed by atoms with Gasteiger partial charge in [0.15, 0.2) is 5.82 Å². The third-order valence-electron chi connectivity index (χ3n) is 10.3. The second kappa shape index (κ2) is 10.7. The van der Waals surface area contributed by atoms with Crippen LogP contribution in [0.3, 0.4) is 0 Å². The summed E-state index contributed by atoms with van der Waals surface area (Å²) >= 11 is 0. The van der Waals surface area contributed by atoms with E-state index < -0.39 is 0 Å². The number of benzene rings is 6. The van der Waals surface area contributed by atoms with Gasteiger partial charge in [-0.25, -0.2) is 9.97 Å². The molecular formula is C45H34N2. The lowest BCUT2D eigenvalue weighted by atomic mass is 9.61. The van der Waals surface area contributed by atoms with Gasteiger partial charge in [-0.1, -0.05) is 147 Å². The van der Waals surface area contributed by atoms with Crippen molar-refractivity contribution in [2.75, 3.05) is 0 Å². The molecule has 2 nitrogen and oxygen atoms in total. The summed E-state index contributed by atoms with van der Waals surface area (Å²) in [5.74, 6) is 1.12. The molecule has 1 aromatic heterocycles. The zero-order valence-corrected chi connectivity index (χ0v) is 26.6. The summed E-state index contributed by atoms with van der Waals surface area (Å²) in [5.41, 5.74) is 17.4. The first-order valence-corrected chi connectivity index (χ1v) is 16.5. The molecule has 0 amide bonds. The van der Waals surface area contributed by atoms with Gasteiger partial charge in [0, 0.05) is 28.0 Å². The fraction of sp³-hybridized carbons (Fsp3) is 0.111. The molecule has 2 aliphatic rings. The third-order valence-corrected chi connectivity index (χ3v) is 10.3. The van der Waals surface area contributed by atoms with Crippen molar-refractivity contribution in [2.45, 2.75) is 31.6 Å². The van der Waals surface area contributed by atoms with Crippen molar-refractivity contribution in [2.24, 2.45) is 0 Å². The summed E-state index contributed by atoms with van der Waals surface area (Å²) in [6.45, 7) is 4.77. The summed E-state index contributed by atoms with van der Waals surface area (Å²) in [6.07, 6.45) is 1.03. The zero-order chi connectivity index (χ0) is 31.5. The molecule has 6 aromatic carbocycles. The predicted molar refractivity (Wildman–Crippen MR) is 193 cm³/mol. The van der Waals surface area contributed by atoms with Gasteiger partial charge in [0.05, 0.1) is 11.4 Å². The molecule has 9 rings (SSSR count). The molecule has 1 unspecified atom stereocenters. The summed E-state index contributed by atoms with van der Waals surface area (Å²) in [7, 11) is 0. The molecule has 47 heavy (non-hydrogen) atoms. The van der Waals surface area contributed by atoms with E-state index in [1.165, 1.54) is 50.1 Å². The summed E-state index contributed by atoms with van der Waals surface area (Å²) in [4.78, 5) is 10.1. The summed E-state index contributed by atoms with van der Waals surface area (Å²) in [6, 6.07) is 54.7. The minimum absolute atomic E-state index is 0.0311. The fourth-order valence-corrected chi connectivity index (χ4v) is 7.93.